The van der Waals surface area contributed by atoms with Crippen LogP contribution in [0.2, 0.25) is 0 Å². The Morgan fingerprint density at radius 2 is 1.95 bits per heavy atom. The first-order valence-electron chi connectivity index (χ1n) is 6.28. The third-order valence-corrected chi connectivity index (χ3v) is 4.28. The SMILES string of the molecule is COCCNC(=O)CCNS(=O)(=O)c1ccccc1C. The van der Waals surface area contributed by atoms with Gasteiger partial charge in [0.25, 0.3) is 0 Å². The average molecular weight is 300 g/mol. The molecule has 6 nitrogen and oxygen atoms in total. The number of methoxy groups -OCH3 is 1. The van der Waals surface area contributed by atoms with E-state index in [2.05, 4.69) is 10.0 Å². The molecule has 0 aliphatic heterocycles. The van der Waals surface area contributed by atoms with E-state index in [1.54, 1.807) is 32.2 Å². The third kappa shape index (κ3) is 5.28. The van der Waals surface area contributed by atoms with Gasteiger partial charge < -0.3 is 10.1 Å². The van der Waals surface area contributed by atoms with Crippen LogP contribution < -0.4 is 10.0 Å². The Labute approximate surface area is 119 Å². The molecule has 1 aromatic rings. The highest BCUT2D eigenvalue weighted by Crippen LogP contribution is 2.13. The zero-order valence-electron chi connectivity index (χ0n) is 11.7. The molecular weight excluding hydrogens is 280 g/mol. The normalized spacial score (nSPS) is 11.3. The lowest BCUT2D eigenvalue weighted by atomic mass is 10.2. The summed E-state index contributed by atoms with van der Waals surface area (Å²) in [5, 5.41) is 2.62. The molecule has 1 amide bonds. The summed E-state index contributed by atoms with van der Waals surface area (Å²) in [4.78, 5) is 11.6. The van der Waals surface area contributed by atoms with Gasteiger partial charge in [-0.2, -0.15) is 0 Å². The zero-order chi connectivity index (χ0) is 15.0. The van der Waals surface area contributed by atoms with Gasteiger partial charge in [0.05, 0.1) is 11.5 Å². The van der Waals surface area contributed by atoms with Crippen LogP contribution in [-0.2, 0) is 19.6 Å². The standard InChI is InChI=1S/C13H20N2O4S/c1-11-5-3-4-6-12(11)20(17,18)15-8-7-13(16)14-9-10-19-2/h3-6,15H,7-10H2,1-2H3,(H,14,16). The fourth-order valence-electron chi connectivity index (χ4n) is 1.62. The van der Waals surface area contributed by atoms with E-state index < -0.39 is 10.0 Å². The van der Waals surface area contributed by atoms with Crippen LogP contribution in [0.1, 0.15) is 12.0 Å². The molecule has 1 aromatic carbocycles. The molecular formula is C13H20N2O4S. The Bertz CT molecular complexity index is 543. The Morgan fingerprint density at radius 3 is 2.60 bits per heavy atom. The molecule has 2 N–H and O–H groups in total. The number of rotatable bonds is 8. The number of hydrogen-bond acceptors (Lipinski definition) is 4. The highest BCUT2D eigenvalue weighted by atomic mass is 32.2. The molecule has 7 heteroatoms. The summed E-state index contributed by atoms with van der Waals surface area (Å²) < 4.78 is 31.3. The largest absolute Gasteiger partial charge is 0.383 e. The molecule has 0 spiro atoms. The number of aryl methyl sites for hydroxylation is 1. The maximum absolute atomic E-state index is 12.0. The minimum absolute atomic E-state index is 0.0650. The highest BCUT2D eigenvalue weighted by Gasteiger charge is 2.15. The van der Waals surface area contributed by atoms with Gasteiger partial charge in [-0.3, -0.25) is 4.79 Å². The fraction of sp³-hybridized carbons (Fsp3) is 0.462. The number of carbonyl (C=O) groups excluding carboxylic acids is 1. The molecule has 0 heterocycles. The Hall–Kier alpha value is -1.44. The molecule has 0 saturated carbocycles. The Morgan fingerprint density at radius 1 is 1.25 bits per heavy atom. The first kappa shape index (κ1) is 16.6. The molecule has 0 aliphatic carbocycles. The van der Waals surface area contributed by atoms with Crippen molar-refractivity contribution in [2.45, 2.75) is 18.2 Å². The summed E-state index contributed by atoms with van der Waals surface area (Å²) in [6, 6.07) is 6.71. The van der Waals surface area contributed by atoms with Crippen LogP contribution in [0.3, 0.4) is 0 Å². The van der Waals surface area contributed by atoms with Crippen LogP contribution in [0.5, 0.6) is 0 Å². The lowest BCUT2D eigenvalue weighted by Crippen LogP contribution is -2.32. The molecule has 112 valence electrons. The summed E-state index contributed by atoms with van der Waals surface area (Å²) in [5.41, 5.74) is 0.671. The smallest absolute Gasteiger partial charge is 0.240 e. The van der Waals surface area contributed by atoms with Crippen LogP contribution in [0.4, 0.5) is 0 Å². The van der Waals surface area contributed by atoms with Gasteiger partial charge in [-0.05, 0) is 18.6 Å². The molecule has 20 heavy (non-hydrogen) atoms. The number of benzene rings is 1. The molecule has 0 atom stereocenters. The lowest BCUT2D eigenvalue weighted by Gasteiger charge is -2.09. The van der Waals surface area contributed by atoms with Crippen molar-refractivity contribution in [3.8, 4) is 0 Å². The minimum Gasteiger partial charge on any atom is -0.383 e. The van der Waals surface area contributed by atoms with Crippen molar-refractivity contribution in [1.82, 2.24) is 10.0 Å². The lowest BCUT2D eigenvalue weighted by molar-refractivity contribution is -0.121. The second kappa shape index (κ2) is 7.98. The Kier molecular flexibility index (Phi) is 6.63. The third-order valence-electron chi connectivity index (χ3n) is 2.66. The number of sulfonamides is 1. The first-order chi connectivity index (χ1) is 9.47. The van der Waals surface area contributed by atoms with Crippen molar-refractivity contribution in [3.05, 3.63) is 29.8 Å². The van der Waals surface area contributed by atoms with E-state index in [0.717, 1.165) is 0 Å². The van der Waals surface area contributed by atoms with Crippen LogP contribution in [0.15, 0.2) is 29.2 Å². The monoisotopic (exact) mass is 300 g/mol. The molecule has 0 aliphatic rings. The number of carbonyl (C=O) groups is 1. The van der Waals surface area contributed by atoms with E-state index >= 15 is 0 Å². The van der Waals surface area contributed by atoms with Crippen molar-refractivity contribution < 1.29 is 17.9 Å². The van der Waals surface area contributed by atoms with Crippen molar-refractivity contribution in [1.29, 1.82) is 0 Å². The summed E-state index contributed by atoms with van der Waals surface area (Å²) in [6.45, 7) is 2.64. The van der Waals surface area contributed by atoms with Crippen molar-refractivity contribution in [3.63, 3.8) is 0 Å². The summed E-state index contributed by atoms with van der Waals surface area (Å²) in [7, 11) is -2.02. The van der Waals surface area contributed by atoms with Gasteiger partial charge >= 0.3 is 0 Å². The highest BCUT2D eigenvalue weighted by molar-refractivity contribution is 7.89. The Balaban J connectivity index is 2.45. The van der Waals surface area contributed by atoms with Gasteiger partial charge in [0.1, 0.15) is 0 Å². The zero-order valence-corrected chi connectivity index (χ0v) is 12.5. The molecule has 0 unspecified atom stereocenters. The van der Waals surface area contributed by atoms with E-state index in [-0.39, 0.29) is 23.8 Å². The first-order valence-corrected chi connectivity index (χ1v) is 7.76. The van der Waals surface area contributed by atoms with Crippen molar-refractivity contribution in [2.24, 2.45) is 0 Å². The maximum atomic E-state index is 12.0. The van der Waals surface area contributed by atoms with Crippen molar-refractivity contribution >= 4 is 15.9 Å². The minimum atomic E-state index is -3.57. The number of hydrogen-bond donors (Lipinski definition) is 2. The predicted octanol–water partition coefficient (Wildman–Crippen LogP) is 0.426. The van der Waals surface area contributed by atoms with Crippen LogP contribution in [0.25, 0.3) is 0 Å². The summed E-state index contributed by atoms with van der Waals surface area (Å²) in [5.74, 6) is -0.213. The van der Waals surface area contributed by atoms with E-state index in [0.29, 0.717) is 18.7 Å². The molecule has 0 saturated heterocycles. The van der Waals surface area contributed by atoms with E-state index in [4.69, 9.17) is 4.74 Å². The average Bonchev–Trinajstić information content (AvgIpc) is 2.39. The summed E-state index contributed by atoms with van der Waals surface area (Å²) >= 11 is 0. The maximum Gasteiger partial charge on any atom is 0.240 e. The van der Waals surface area contributed by atoms with Gasteiger partial charge in [-0.1, -0.05) is 18.2 Å². The van der Waals surface area contributed by atoms with Crippen LogP contribution in [-0.4, -0.2) is 41.1 Å². The second-order valence-electron chi connectivity index (χ2n) is 4.26. The van der Waals surface area contributed by atoms with Crippen LogP contribution >= 0.6 is 0 Å². The van der Waals surface area contributed by atoms with Crippen LogP contribution in [0, 0.1) is 6.92 Å². The molecule has 1 rings (SSSR count). The van der Waals surface area contributed by atoms with Gasteiger partial charge in [-0.25, -0.2) is 13.1 Å². The number of amides is 1. The molecule has 0 fully saturated rings. The molecule has 0 radical (unpaired) electrons. The van der Waals surface area contributed by atoms with E-state index in [9.17, 15) is 13.2 Å². The van der Waals surface area contributed by atoms with E-state index in [1.807, 2.05) is 0 Å². The van der Waals surface area contributed by atoms with E-state index in [1.165, 1.54) is 6.07 Å². The molecule has 0 aromatic heterocycles. The van der Waals surface area contributed by atoms with Gasteiger partial charge in [-0.15, -0.1) is 0 Å². The predicted molar refractivity (Wildman–Crippen MR) is 75.9 cm³/mol. The quantitative estimate of drug-likeness (QED) is 0.682. The van der Waals surface area contributed by atoms with Gasteiger partial charge in [0.2, 0.25) is 15.9 Å². The topological polar surface area (TPSA) is 84.5 Å². The fourth-order valence-corrected chi connectivity index (χ4v) is 2.89. The number of ether oxygens (including phenoxy) is 1. The summed E-state index contributed by atoms with van der Waals surface area (Å²) in [6.07, 6.45) is 0.0921. The second-order valence-corrected chi connectivity index (χ2v) is 5.99. The van der Waals surface area contributed by atoms with Gasteiger partial charge in [0, 0.05) is 26.6 Å². The number of nitrogens with one attached hydrogen (secondary N) is 2. The van der Waals surface area contributed by atoms with Gasteiger partial charge in [0.15, 0.2) is 0 Å². The molecule has 0 bridgehead atoms. The van der Waals surface area contributed by atoms with Crippen molar-refractivity contribution in [2.75, 3.05) is 26.8 Å².